The fourth-order valence-electron chi connectivity index (χ4n) is 2.95. The Morgan fingerprint density at radius 2 is 2.18 bits per heavy atom. The van der Waals surface area contributed by atoms with Crippen molar-refractivity contribution in [3.05, 3.63) is 53.3 Å². The molecule has 1 unspecified atom stereocenters. The number of carbonyl (C=O) groups is 1. The molecule has 114 valence electrons. The molecule has 0 aliphatic carbocycles. The molecule has 0 spiro atoms. The lowest BCUT2D eigenvalue weighted by Crippen LogP contribution is -2.34. The van der Waals surface area contributed by atoms with E-state index >= 15 is 0 Å². The van der Waals surface area contributed by atoms with Gasteiger partial charge in [-0.15, -0.1) is 0 Å². The van der Waals surface area contributed by atoms with Gasteiger partial charge in [-0.2, -0.15) is 10.2 Å². The Morgan fingerprint density at radius 3 is 2.91 bits per heavy atom. The fraction of sp³-hybridized carbons (Fsp3) is 0.353. The number of nitrogens with zero attached hydrogens (tertiary/aromatic N) is 3. The van der Waals surface area contributed by atoms with E-state index in [1.54, 1.807) is 19.4 Å². The first-order valence-corrected chi connectivity index (χ1v) is 7.42. The highest BCUT2D eigenvalue weighted by Crippen LogP contribution is 2.29. The van der Waals surface area contributed by atoms with Gasteiger partial charge in [0.1, 0.15) is 5.75 Å². The van der Waals surface area contributed by atoms with Crippen molar-refractivity contribution in [1.29, 1.82) is 0 Å². The van der Waals surface area contributed by atoms with Crippen molar-refractivity contribution in [3.63, 3.8) is 0 Å². The van der Waals surface area contributed by atoms with Gasteiger partial charge in [0.15, 0.2) is 0 Å². The normalized spacial score (nSPS) is 17.5. The summed E-state index contributed by atoms with van der Waals surface area (Å²) in [7, 11) is 1.68. The van der Waals surface area contributed by atoms with E-state index in [1.165, 1.54) is 17.3 Å². The maximum absolute atomic E-state index is 12.6. The van der Waals surface area contributed by atoms with Gasteiger partial charge in [-0.1, -0.05) is 13.0 Å². The van der Waals surface area contributed by atoms with Crippen molar-refractivity contribution in [3.8, 4) is 5.75 Å². The summed E-state index contributed by atoms with van der Waals surface area (Å²) in [5.41, 5.74) is 3.14. The van der Waals surface area contributed by atoms with Gasteiger partial charge in [-0.25, -0.2) is 0 Å². The van der Waals surface area contributed by atoms with Gasteiger partial charge in [-0.3, -0.25) is 4.79 Å². The summed E-state index contributed by atoms with van der Waals surface area (Å²) in [6.07, 6.45) is 3.93. The largest absolute Gasteiger partial charge is 0.497 e. The molecular formula is C17H19N3O2. The van der Waals surface area contributed by atoms with Crippen LogP contribution in [0.2, 0.25) is 0 Å². The van der Waals surface area contributed by atoms with Crippen LogP contribution in [0.3, 0.4) is 0 Å². The van der Waals surface area contributed by atoms with E-state index in [2.05, 4.69) is 29.3 Å². The van der Waals surface area contributed by atoms with Gasteiger partial charge < -0.3 is 9.64 Å². The molecule has 0 bridgehead atoms. The first kappa shape index (κ1) is 14.5. The van der Waals surface area contributed by atoms with Crippen LogP contribution in [0.4, 0.5) is 0 Å². The maximum Gasteiger partial charge on any atom is 0.255 e. The first-order chi connectivity index (χ1) is 10.7. The summed E-state index contributed by atoms with van der Waals surface area (Å²) < 4.78 is 5.32. The third-order valence-electron chi connectivity index (χ3n) is 4.15. The van der Waals surface area contributed by atoms with E-state index in [0.29, 0.717) is 18.7 Å². The predicted molar refractivity (Wildman–Crippen MR) is 83.0 cm³/mol. The third kappa shape index (κ3) is 2.79. The minimum atomic E-state index is 0.0153. The van der Waals surface area contributed by atoms with Crippen LogP contribution in [-0.2, 0) is 6.42 Å². The van der Waals surface area contributed by atoms with Gasteiger partial charge in [-0.05, 0) is 41.7 Å². The number of rotatable bonds is 2. The van der Waals surface area contributed by atoms with Crippen LogP contribution in [0, 0.1) is 0 Å². The minimum Gasteiger partial charge on any atom is -0.497 e. The Hall–Kier alpha value is -2.43. The van der Waals surface area contributed by atoms with E-state index in [-0.39, 0.29) is 11.8 Å². The highest BCUT2D eigenvalue weighted by Gasteiger charge is 2.24. The number of amides is 1. The van der Waals surface area contributed by atoms with Crippen molar-refractivity contribution < 1.29 is 9.53 Å². The van der Waals surface area contributed by atoms with Crippen LogP contribution < -0.4 is 4.74 Å². The average Bonchev–Trinajstić information content (AvgIpc) is 2.74. The first-order valence-electron chi connectivity index (χ1n) is 7.42. The van der Waals surface area contributed by atoms with Crippen molar-refractivity contribution in [2.45, 2.75) is 19.3 Å². The monoisotopic (exact) mass is 297 g/mol. The van der Waals surface area contributed by atoms with Crippen LogP contribution in [-0.4, -0.2) is 41.2 Å². The zero-order valence-electron chi connectivity index (χ0n) is 12.8. The average molecular weight is 297 g/mol. The Morgan fingerprint density at radius 1 is 1.32 bits per heavy atom. The molecule has 0 saturated carbocycles. The number of carbonyl (C=O) groups excluding carboxylic acids is 1. The Kier molecular flexibility index (Phi) is 4.04. The number of fused-ring (bicyclic) bond motifs is 1. The summed E-state index contributed by atoms with van der Waals surface area (Å²) in [6.45, 7) is 3.56. The molecule has 0 radical (unpaired) electrons. The van der Waals surface area contributed by atoms with Crippen LogP contribution in [0.25, 0.3) is 0 Å². The van der Waals surface area contributed by atoms with Gasteiger partial charge in [0.25, 0.3) is 5.91 Å². The smallest absolute Gasteiger partial charge is 0.255 e. The van der Waals surface area contributed by atoms with Gasteiger partial charge >= 0.3 is 0 Å². The molecule has 2 heterocycles. The second-order valence-corrected chi connectivity index (χ2v) is 5.60. The van der Waals surface area contributed by atoms with Crippen molar-refractivity contribution in [2.75, 3.05) is 20.2 Å². The lowest BCUT2D eigenvalue weighted by atomic mass is 9.95. The second kappa shape index (κ2) is 6.13. The molecule has 1 aromatic carbocycles. The molecule has 0 N–H and O–H groups in total. The molecule has 5 nitrogen and oxygen atoms in total. The van der Waals surface area contributed by atoms with Gasteiger partial charge in [0.05, 0.1) is 25.1 Å². The zero-order valence-corrected chi connectivity index (χ0v) is 12.8. The van der Waals surface area contributed by atoms with Crippen LogP contribution >= 0.6 is 0 Å². The molecule has 0 fully saturated rings. The molecule has 0 saturated heterocycles. The third-order valence-corrected chi connectivity index (χ3v) is 4.15. The number of hydrogen-bond donors (Lipinski definition) is 0. The van der Waals surface area contributed by atoms with E-state index in [9.17, 15) is 4.79 Å². The van der Waals surface area contributed by atoms with E-state index < -0.39 is 0 Å². The number of aromatic nitrogens is 2. The summed E-state index contributed by atoms with van der Waals surface area (Å²) in [5, 5.41) is 7.51. The highest BCUT2D eigenvalue weighted by molar-refractivity contribution is 5.93. The molecular weight excluding hydrogens is 278 g/mol. The molecule has 22 heavy (non-hydrogen) atoms. The van der Waals surface area contributed by atoms with Crippen LogP contribution in [0.5, 0.6) is 5.75 Å². The number of ether oxygens (including phenoxy) is 1. The van der Waals surface area contributed by atoms with Crippen molar-refractivity contribution in [2.24, 2.45) is 0 Å². The predicted octanol–water partition coefficient (Wildman–Crippen LogP) is 2.29. The summed E-state index contributed by atoms with van der Waals surface area (Å²) in [4.78, 5) is 14.5. The van der Waals surface area contributed by atoms with Crippen LogP contribution in [0.15, 0.2) is 36.7 Å². The quantitative estimate of drug-likeness (QED) is 0.853. The fourth-order valence-corrected chi connectivity index (χ4v) is 2.95. The maximum atomic E-state index is 12.6. The molecule has 1 aliphatic rings. The lowest BCUT2D eigenvalue weighted by Gasteiger charge is -2.23. The molecule has 1 aromatic heterocycles. The van der Waals surface area contributed by atoms with E-state index in [0.717, 1.165) is 12.2 Å². The number of methoxy groups -OCH3 is 1. The van der Waals surface area contributed by atoms with Gasteiger partial charge in [0, 0.05) is 13.1 Å². The molecule has 2 aromatic rings. The minimum absolute atomic E-state index is 0.0153. The van der Waals surface area contributed by atoms with Crippen LogP contribution in [0.1, 0.15) is 34.3 Å². The van der Waals surface area contributed by atoms with E-state index in [1.807, 2.05) is 11.0 Å². The lowest BCUT2D eigenvalue weighted by molar-refractivity contribution is 0.0753. The molecule has 1 aliphatic heterocycles. The Balaban J connectivity index is 1.84. The van der Waals surface area contributed by atoms with Gasteiger partial charge in [0.2, 0.25) is 0 Å². The van der Waals surface area contributed by atoms with Crippen molar-refractivity contribution >= 4 is 5.91 Å². The highest BCUT2D eigenvalue weighted by atomic mass is 16.5. The summed E-state index contributed by atoms with van der Waals surface area (Å²) in [6, 6.07) is 7.88. The Labute approximate surface area is 129 Å². The topological polar surface area (TPSA) is 55.3 Å². The SMILES string of the molecule is COc1ccc2c(c1)C(C)CN(C(=O)c1ccnnc1)CC2. The molecule has 3 rings (SSSR count). The molecule has 5 heteroatoms. The van der Waals surface area contributed by atoms with E-state index in [4.69, 9.17) is 4.74 Å². The Bertz CT molecular complexity index is 673. The number of hydrogen-bond acceptors (Lipinski definition) is 4. The second-order valence-electron chi connectivity index (χ2n) is 5.60. The standard InChI is InChI=1S/C17H19N3O2/c1-12-11-20(17(21)14-5-7-18-19-10-14)8-6-13-3-4-15(22-2)9-16(12)13/h3-5,7,9-10,12H,6,8,11H2,1-2H3. The zero-order chi connectivity index (χ0) is 15.5. The summed E-state index contributed by atoms with van der Waals surface area (Å²) >= 11 is 0. The van der Waals surface area contributed by atoms with Crippen molar-refractivity contribution in [1.82, 2.24) is 15.1 Å². The molecule has 1 amide bonds. The summed E-state index contributed by atoms with van der Waals surface area (Å²) in [5.74, 6) is 1.15. The molecule has 1 atom stereocenters. The number of benzene rings is 1.